The lowest BCUT2D eigenvalue weighted by atomic mass is 9.79. The van der Waals surface area contributed by atoms with Gasteiger partial charge in [0.1, 0.15) is 11.2 Å². The molecule has 10 rings (SSSR count). The van der Waals surface area contributed by atoms with Crippen molar-refractivity contribution in [1.29, 1.82) is 0 Å². The van der Waals surface area contributed by atoms with Gasteiger partial charge >= 0.3 is 0 Å². The van der Waals surface area contributed by atoms with Crippen molar-refractivity contribution in [3.8, 4) is 33.4 Å². The molecule has 1 aliphatic carbocycles. The third kappa shape index (κ3) is 4.92. The maximum absolute atomic E-state index is 6.74. The van der Waals surface area contributed by atoms with Crippen LogP contribution in [0, 0.1) is 0 Å². The summed E-state index contributed by atoms with van der Waals surface area (Å²) < 4.78 is 6.74. The molecule has 52 heavy (non-hydrogen) atoms. The molecule has 0 bridgehead atoms. The molecular weight excluding hydrogens is 629 g/mol. The average molecular weight is 667 g/mol. The van der Waals surface area contributed by atoms with Crippen molar-refractivity contribution in [2.45, 2.75) is 31.6 Å². The van der Waals surface area contributed by atoms with Gasteiger partial charge in [-0.1, -0.05) is 178 Å². The van der Waals surface area contributed by atoms with E-state index >= 15 is 0 Å². The Morgan fingerprint density at radius 3 is 1.87 bits per heavy atom. The predicted molar refractivity (Wildman–Crippen MR) is 218 cm³/mol. The topological polar surface area (TPSA) is 13.1 Å². The van der Waals surface area contributed by atoms with E-state index in [0.29, 0.717) is 0 Å². The van der Waals surface area contributed by atoms with Crippen molar-refractivity contribution < 1.29 is 4.42 Å². The number of hydrogen-bond acceptors (Lipinski definition) is 1. The monoisotopic (exact) mass is 666 g/mol. The van der Waals surface area contributed by atoms with Gasteiger partial charge in [-0.2, -0.15) is 0 Å². The molecule has 1 heteroatoms. The summed E-state index contributed by atoms with van der Waals surface area (Å²) in [5.74, 6) is 0.168. The maximum Gasteiger partial charge on any atom is 0.136 e. The molecule has 0 N–H and O–H groups in total. The molecule has 0 radical (unpaired) electrons. The fourth-order valence-corrected chi connectivity index (χ4v) is 8.81. The van der Waals surface area contributed by atoms with E-state index in [1.807, 2.05) is 0 Å². The van der Waals surface area contributed by atoms with Crippen molar-refractivity contribution in [3.63, 3.8) is 0 Å². The largest absolute Gasteiger partial charge is 0.456 e. The molecule has 0 saturated heterocycles. The summed E-state index contributed by atoms with van der Waals surface area (Å²) in [6.45, 7) is 4.74. The van der Waals surface area contributed by atoms with Gasteiger partial charge in [-0.05, 0) is 90.5 Å². The van der Waals surface area contributed by atoms with Gasteiger partial charge in [-0.15, -0.1) is 0 Å². The van der Waals surface area contributed by atoms with E-state index < -0.39 is 0 Å². The second kappa shape index (κ2) is 12.0. The lowest BCUT2D eigenvalue weighted by Crippen LogP contribution is -2.16. The van der Waals surface area contributed by atoms with Crippen LogP contribution in [0.25, 0.3) is 66.1 Å². The Kier molecular flexibility index (Phi) is 7.05. The summed E-state index contributed by atoms with van der Waals surface area (Å²) >= 11 is 0. The van der Waals surface area contributed by atoms with Gasteiger partial charge < -0.3 is 4.42 Å². The van der Waals surface area contributed by atoms with Gasteiger partial charge in [0.15, 0.2) is 0 Å². The van der Waals surface area contributed by atoms with Crippen molar-refractivity contribution in [2.75, 3.05) is 0 Å². The fourth-order valence-electron chi connectivity index (χ4n) is 8.81. The van der Waals surface area contributed by atoms with Gasteiger partial charge in [0, 0.05) is 22.1 Å². The first kappa shape index (κ1) is 30.6. The lowest BCUT2D eigenvalue weighted by molar-refractivity contribution is 0.657. The zero-order valence-electron chi connectivity index (χ0n) is 29.4. The highest BCUT2D eigenvalue weighted by Gasteiger charge is 2.35. The zero-order chi connectivity index (χ0) is 34.8. The Balaban J connectivity index is 1.09. The molecule has 1 aromatic heterocycles. The normalized spacial score (nSPS) is 13.7. The Hall–Kier alpha value is -6.18. The van der Waals surface area contributed by atoms with Crippen LogP contribution in [-0.4, -0.2) is 0 Å². The molecule has 1 aliphatic rings. The molecule has 1 nitrogen and oxygen atoms in total. The Morgan fingerprint density at radius 1 is 0.442 bits per heavy atom. The van der Waals surface area contributed by atoms with Gasteiger partial charge in [0.25, 0.3) is 0 Å². The summed E-state index contributed by atoms with van der Waals surface area (Å²) in [6.07, 6.45) is 0.861. The second-order valence-corrected chi connectivity index (χ2v) is 14.9. The highest BCUT2D eigenvalue weighted by Crippen LogP contribution is 2.50. The molecule has 1 atom stereocenters. The standard InChI is InChI=1S/C51H38O/c1-51(2)46-20-12-11-18-40(46)41-28-26-38(31-47(41)51)44(37-24-22-35(23-25-37)34-13-5-3-6-14-34)29-33-21-27-43-48(30-33)52-49-32-45(36-15-7-4-8-16-36)39-17-9-10-19-42(39)50(43)49/h3-28,30-32,44H,29H2,1-2H3. The number of hydrogen-bond donors (Lipinski definition) is 0. The first-order valence-corrected chi connectivity index (χ1v) is 18.3. The maximum atomic E-state index is 6.74. The molecule has 9 aromatic rings. The number of rotatable bonds is 6. The molecular formula is C51H38O. The Morgan fingerprint density at radius 2 is 1.08 bits per heavy atom. The van der Waals surface area contributed by atoms with Gasteiger partial charge in [-0.25, -0.2) is 0 Å². The molecule has 0 aliphatic heterocycles. The van der Waals surface area contributed by atoms with Gasteiger partial charge in [0.2, 0.25) is 0 Å². The molecule has 0 spiro atoms. The van der Waals surface area contributed by atoms with E-state index in [2.05, 4.69) is 190 Å². The van der Waals surface area contributed by atoms with E-state index in [1.54, 1.807) is 0 Å². The number of furan rings is 1. The van der Waals surface area contributed by atoms with Crippen LogP contribution in [0.1, 0.15) is 47.6 Å². The highest BCUT2D eigenvalue weighted by atomic mass is 16.3. The summed E-state index contributed by atoms with van der Waals surface area (Å²) in [7, 11) is 0. The van der Waals surface area contributed by atoms with Crippen molar-refractivity contribution in [3.05, 3.63) is 204 Å². The summed E-state index contributed by atoms with van der Waals surface area (Å²) in [4.78, 5) is 0. The summed E-state index contributed by atoms with van der Waals surface area (Å²) in [5.41, 5.74) is 16.1. The molecule has 8 aromatic carbocycles. The summed E-state index contributed by atoms with van der Waals surface area (Å²) in [6, 6.07) is 64.5. The van der Waals surface area contributed by atoms with Crippen LogP contribution in [0.2, 0.25) is 0 Å². The quantitative estimate of drug-likeness (QED) is 0.172. The third-order valence-electron chi connectivity index (χ3n) is 11.5. The number of fused-ring (bicyclic) bond motifs is 8. The predicted octanol–water partition coefficient (Wildman–Crippen LogP) is 13.8. The Labute approximate surface area is 304 Å². The van der Waals surface area contributed by atoms with Crippen LogP contribution < -0.4 is 0 Å². The van der Waals surface area contributed by atoms with Crippen LogP contribution >= 0.6 is 0 Å². The van der Waals surface area contributed by atoms with E-state index in [9.17, 15) is 0 Å². The fraction of sp³-hybridized carbons (Fsp3) is 0.0980. The first-order valence-electron chi connectivity index (χ1n) is 18.3. The SMILES string of the molecule is CC1(C)c2ccccc2-c2ccc(C(Cc3ccc4c(c3)oc3cc(-c5ccccc5)c5ccccc5c34)c3ccc(-c4ccccc4)cc3)cc21. The summed E-state index contributed by atoms with van der Waals surface area (Å²) in [5, 5.41) is 4.82. The van der Waals surface area contributed by atoms with Crippen molar-refractivity contribution >= 4 is 32.7 Å². The Bertz CT molecular complexity index is 2770. The average Bonchev–Trinajstić information content (AvgIpc) is 3.68. The minimum absolute atomic E-state index is 0.0573. The molecule has 248 valence electrons. The van der Waals surface area contributed by atoms with E-state index in [0.717, 1.165) is 23.0 Å². The van der Waals surface area contributed by atoms with Crippen molar-refractivity contribution in [1.82, 2.24) is 0 Å². The van der Waals surface area contributed by atoms with Crippen LogP contribution in [0.4, 0.5) is 0 Å². The molecule has 1 heterocycles. The molecule has 0 fully saturated rings. The van der Waals surface area contributed by atoms with Crippen LogP contribution in [0.3, 0.4) is 0 Å². The number of benzene rings is 8. The van der Waals surface area contributed by atoms with E-state index in [4.69, 9.17) is 4.42 Å². The molecule has 0 amide bonds. The first-order chi connectivity index (χ1) is 25.5. The van der Waals surface area contributed by atoms with Crippen molar-refractivity contribution in [2.24, 2.45) is 0 Å². The van der Waals surface area contributed by atoms with Crippen LogP contribution in [-0.2, 0) is 11.8 Å². The molecule has 0 saturated carbocycles. The minimum Gasteiger partial charge on any atom is -0.456 e. The minimum atomic E-state index is -0.0573. The van der Waals surface area contributed by atoms with Crippen LogP contribution in [0.15, 0.2) is 180 Å². The second-order valence-electron chi connectivity index (χ2n) is 14.9. The van der Waals surface area contributed by atoms with E-state index in [1.165, 1.54) is 77.4 Å². The van der Waals surface area contributed by atoms with Gasteiger partial charge in [0.05, 0.1) is 0 Å². The van der Waals surface area contributed by atoms with Gasteiger partial charge in [-0.3, -0.25) is 0 Å². The van der Waals surface area contributed by atoms with E-state index in [-0.39, 0.29) is 11.3 Å². The molecule has 1 unspecified atom stereocenters. The van der Waals surface area contributed by atoms with Crippen LogP contribution in [0.5, 0.6) is 0 Å². The highest BCUT2D eigenvalue weighted by molar-refractivity contribution is 6.22. The smallest absolute Gasteiger partial charge is 0.136 e. The zero-order valence-corrected chi connectivity index (χ0v) is 29.4. The third-order valence-corrected chi connectivity index (χ3v) is 11.5. The lowest BCUT2D eigenvalue weighted by Gasteiger charge is -2.24.